The number of rotatable bonds is 8. The zero-order chi connectivity index (χ0) is 16.7. The molecule has 124 valence electrons. The lowest BCUT2D eigenvalue weighted by molar-refractivity contribution is 0.283. The molecule has 0 aliphatic carbocycles. The Labute approximate surface area is 137 Å². The summed E-state index contributed by atoms with van der Waals surface area (Å²) in [6.45, 7) is 0.511. The number of nitrogen functional groups attached to an aromatic ring is 1. The highest BCUT2D eigenvalue weighted by molar-refractivity contribution is 7.89. The van der Waals surface area contributed by atoms with Crippen LogP contribution in [0.3, 0.4) is 0 Å². The Hall–Kier alpha value is -1.89. The summed E-state index contributed by atoms with van der Waals surface area (Å²) in [5.74, 6) is 0. The highest BCUT2D eigenvalue weighted by Crippen LogP contribution is 2.23. The van der Waals surface area contributed by atoms with E-state index in [0.29, 0.717) is 25.1 Å². The van der Waals surface area contributed by atoms with Gasteiger partial charge in [0.15, 0.2) is 0 Å². The maximum absolute atomic E-state index is 12.2. The molecule has 0 aliphatic rings. The molecule has 0 spiro atoms. The molecule has 0 saturated carbocycles. The molecule has 0 unspecified atom stereocenters. The first kappa shape index (κ1) is 17.5. The van der Waals surface area contributed by atoms with E-state index in [1.807, 2.05) is 24.3 Å². The predicted octanol–water partition coefficient (Wildman–Crippen LogP) is 2.38. The summed E-state index contributed by atoms with van der Waals surface area (Å²) in [7, 11) is -3.49. The molecule has 2 rings (SSSR count). The number of unbranched alkanes of at least 4 members (excludes halogenated alkanes) is 2. The molecule has 0 fully saturated rings. The fourth-order valence-electron chi connectivity index (χ4n) is 2.25. The van der Waals surface area contributed by atoms with Gasteiger partial charge in [0, 0.05) is 18.8 Å². The summed E-state index contributed by atoms with van der Waals surface area (Å²) < 4.78 is 26.9. The van der Waals surface area contributed by atoms with Crippen molar-refractivity contribution in [3.63, 3.8) is 0 Å². The predicted molar refractivity (Wildman–Crippen MR) is 92.4 cm³/mol. The Morgan fingerprint density at radius 1 is 0.957 bits per heavy atom. The van der Waals surface area contributed by atoms with Crippen LogP contribution < -0.4 is 10.5 Å². The molecule has 0 heterocycles. The summed E-state index contributed by atoms with van der Waals surface area (Å²) in [4.78, 5) is 0.243. The average Bonchev–Trinajstić information content (AvgIpc) is 2.55. The highest BCUT2D eigenvalue weighted by atomic mass is 32.2. The smallest absolute Gasteiger partial charge is 0.240 e. The average molecular weight is 334 g/mol. The van der Waals surface area contributed by atoms with Gasteiger partial charge in [-0.15, -0.1) is 0 Å². The molecule has 0 saturated heterocycles. The van der Waals surface area contributed by atoms with E-state index in [-0.39, 0.29) is 11.5 Å². The molecular weight excluding hydrogens is 312 g/mol. The molecule has 0 aromatic heterocycles. The van der Waals surface area contributed by atoms with Gasteiger partial charge in [-0.2, -0.15) is 0 Å². The lowest BCUT2D eigenvalue weighted by Crippen LogP contribution is -2.24. The van der Waals surface area contributed by atoms with E-state index in [4.69, 9.17) is 10.8 Å². The number of nitrogens with one attached hydrogen (secondary N) is 1. The minimum absolute atomic E-state index is 0.137. The van der Waals surface area contributed by atoms with Crippen LogP contribution in [0.2, 0.25) is 0 Å². The first-order valence-electron chi connectivity index (χ1n) is 7.59. The molecule has 2 aromatic rings. The molecule has 5 nitrogen and oxygen atoms in total. The van der Waals surface area contributed by atoms with E-state index >= 15 is 0 Å². The van der Waals surface area contributed by atoms with Crippen molar-refractivity contribution in [1.82, 2.24) is 4.72 Å². The Morgan fingerprint density at radius 2 is 1.70 bits per heavy atom. The SMILES string of the molecule is Nc1cccc(-c2ccc(S(=O)(=O)NCCCCCO)cc2)c1. The van der Waals surface area contributed by atoms with Crippen LogP contribution in [0.25, 0.3) is 11.1 Å². The van der Waals surface area contributed by atoms with Crippen molar-refractivity contribution in [3.05, 3.63) is 48.5 Å². The van der Waals surface area contributed by atoms with Crippen LogP contribution in [0.1, 0.15) is 19.3 Å². The number of aliphatic hydroxyl groups excluding tert-OH is 1. The first-order chi connectivity index (χ1) is 11.0. The standard InChI is InChI=1S/C17H22N2O3S/c18-16-6-4-5-15(13-16)14-7-9-17(10-8-14)23(21,22)19-11-2-1-3-12-20/h4-10,13,19-20H,1-3,11-12,18H2. The molecule has 0 atom stereocenters. The van der Waals surface area contributed by atoms with Crippen molar-refractivity contribution in [2.75, 3.05) is 18.9 Å². The second-order valence-electron chi connectivity index (χ2n) is 5.33. The van der Waals surface area contributed by atoms with Gasteiger partial charge in [-0.3, -0.25) is 0 Å². The van der Waals surface area contributed by atoms with Gasteiger partial charge in [-0.05, 0) is 54.7 Å². The van der Waals surface area contributed by atoms with Gasteiger partial charge in [-0.25, -0.2) is 13.1 Å². The third-order valence-electron chi connectivity index (χ3n) is 3.51. The van der Waals surface area contributed by atoms with Crippen molar-refractivity contribution in [2.24, 2.45) is 0 Å². The topological polar surface area (TPSA) is 92.4 Å². The van der Waals surface area contributed by atoms with Crippen LogP contribution in [-0.4, -0.2) is 26.7 Å². The Morgan fingerprint density at radius 3 is 2.35 bits per heavy atom. The number of hydrogen-bond acceptors (Lipinski definition) is 4. The number of nitrogens with two attached hydrogens (primary N) is 1. The van der Waals surface area contributed by atoms with Gasteiger partial charge < -0.3 is 10.8 Å². The van der Waals surface area contributed by atoms with Crippen LogP contribution in [0.5, 0.6) is 0 Å². The largest absolute Gasteiger partial charge is 0.399 e. The second-order valence-corrected chi connectivity index (χ2v) is 7.10. The summed E-state index contributed by atoms with van der Waals surface area (Å²) in [5, 5.41) is 8.69. The van der Waals surface area contributed by atoms with Crippen LogP contribution in [0.15, 0.2) is 53.4 Å². The molecule has 0 bridgehead atoms. The third-order valence-corrected chi connectivity index (χ3v) is 4.99. The summed E-state index contributed by atoms with van der Waals surface area (Å²) in [5.41, 5.74) is 8.30. The van der Waals surface area contributed by atoms with Gasteiger partial charge in [-0.1, -0.05) is 24.3 Å². The minimum atomic E-state index is -3.49. The lowest BCUT2D eigenvalue weighted by Gasteiger charge is -2.08. The zero-order valence-electron chi connectivity index (χ0n) is 12.9. The van der Waals surface area contributed by atoms with Gasteiger partial charge in [0.1, 0.15) is 0 Å². The van der Waals surface area contributed by atoms with Gasteiger partial charge in [0.25, 0.3) is 0 Å². The van der Waals surface area contributed by atoms with E-state index in [2.05, 4.69) is 4.72 Å². The van der Waals surface area contributed by atoms with Crippen LogP contribution in [-0.2, 0) is 10.0 Å². The fraction of sp³-hybridized carbons (Fsp3) is 0.294. The summed E-state index contributed by atoms with van der Waals surface area (Å²) in [6.07, 6.45) is 2.20. The van der Waals surface area contributed by atoms with Crippen LogP contribution in [0.4, 0.5) is 5.69 Å². The molecule has 2 aromatic carbocycles. The number of aliphatic hydroxyl groups is 1. The molecule has 23 heavy (non-hydrogen) atoms. The first-order valence-corrected chi connectivity index (χ1v) is 9.08. The van der Waals surface area contributed by atoms with E-state index in [1.165, 1.54) is 0 Å². The summed E-state index contributed by atoms with van der Waals surface area (Å²) in [6, 6.07) is 14.2. The monoisotopic (exact) mass is 334 g/mol. The molecule has 0 aliphatic heterocycles. The van der Waals surface area contributed by atoms with Gasteiger partial charge >= 0.3 is 0 Å². The molecule has 4 N–H and O–H groups in total. The summed E-state index contributed by atoms with van der Waals surface area (Å²) >= 11 is 0. The van der Waals surface area contributed by atoms with Crippen molar-refractivity contribution in [2.45, 2.75) is 24.2 Å². The molecule has 0 radical (unpaired) electrons. The fourth-order valence-corrected chi connectivity index (χ4v) is 3.32. The number of anilines is 1. The molecular formula is C17H22N2O3S. The molecule has 6 heteroatoms. The maximum atomic E-state index is 12.2. The van der Waals surface area contributed by atoms with Crippen molar-refractivity contribution < 1.29 is 13.5 Å². The van der Waals surface area contributed by atoms with Crippen molar-refractivity contribution in [3.8, 4) is 11.1 Å². The van der Waals surface area contributed by atoms with E-state index in [0.717, 1.165) is 17.5 Å². The lowest BCUT2D eigenvalue weighted by atomic mass is 10.1. The second kappa shape index (κ2) is 8.10. The zero-order valence-corrected chi connectivity index (χ0v) is 13.7. The quantitative estimate of drug-likeness (QED) is 0.510. The number of sulfonamides is 1. The Balaban J connectivity index is 2.03. The van der Waals surface area contributed by atoms with E-state index in [1.54, 1.807) is 24.3 Å². The number of hydrogen-bond donors (Lipinski definition) is 3. The van der Waals surface area contributed by atoms with Crippen molar-refractivity contribution in [1.29, 1.82) is 0 Å². The van der Waals surface area contributed by atoms with Crippen LogP contribution in [0, 0.1) is 0 Å². The van der Waals surface area contributed by atoms with Gasteiger partial charge in [0.2, 0.25) is 10.0 Å². The maximum Gasteiger partial charge on any atom is 0.240 e. The highest BCUT2D eigenvalue weighted by Gasteiger charge is 2.13. The Kier molecular flexibility index (Phi) is 6.15. The third kappa shape index (κ3) is 5.06. The van der Waals surface area contributed by atoms with Crippen molar-refractivity contribution >= 4 is 15.7 Å². The van der Waals surface area contributed by atoms with Crippen LogP contribution >= 0.6 is 0 Å². The van der Waals surface area contributed by atoms with Gasteiger partial charge in [0.05, 0.1) is 4.90 Å². The Bertz CT molecular complexity index is 728. The van der Waals surface area contributed by atoms with E-state index in [9.17, 15) is 8.42 Å². The normalized spacial score (nSPS) is 11.5. The molecule has 0 amide bonds. The minimum Gasteiger partial charge on any atom is -0.399 e. The van der Waals surface area contributed by atoms with E-state index < -0.39 is 10.0 Å². The number of benzene rings is 2.